The number of fused-ring (bicyclic) bond motifs is 1. The molecule has 1 saturated heterocycles. The van der Waals surface area contributed by atoms with Crippen molar-refractivity contribution in [2.75, 3.05) is 25.1 Å². The zero-order valence-electron chi connectivity index (χ0n) is 15.7. The van der Waals surface area contributed by atoms with E-state index in [0.29, 0.717) is 46.7 Å². The maximum Gasteiger partial charge on any atom is 0.278 e. The third-order valence-corrected chi connectivity index (χ3v) is 5.51. The Morgan fingerprint density at radius 1 is 1.28 bits per heavy atom. The second-order valence-electron chi connectivity index (χ2n) is 6.80. The smallest absolute Gasteiger partial charge is 0.278 e. The largest absolute Gasteiger partial charge is 0.381 e. The number of benzene rings is 1. The molecule has 2 N–H and O–H groups in total. The van der Waals surface area contributed by atoms with E-state index < -0.39 is 0 Å². The number of anilines is 1. The molecule has 0 unspecified atom stereocenters. The molecule has 154 valence electrons. The lowest BCUT2D eigenvalue weighted by molar-refractivity contribution is -0.0342. The summed E-state index contributed by atoms with van der Waals surface area (Å²) in [5.74, 6) is 0.367. The minimum Gasteiger partial charge on any atom is -0.381 e. The molecule has 29 heavy (non-hydrogen) atoms. The number of hydrogen-bond acceptors (Lipinski definition) is 6. The molecule has 0 saturated carbocycles. The molecular formula is C19H21Cl2N5O3. The van der Waals surface area contributed by atoms with Crippen molar-refractivity contribution in [3.63, 3.8) is 0 Å². The van der Waals surface area contributed by atoms with Crippen molar-refractivity contribution in [3.8, 4) is 0 Å². The fourth-order valence-corrected chi connectivity index (χ4v) is 3.56. The van der Waals surface area contributed by atoms with Gasteiger partial charge in [-0.05, 0) is 30.5 Å². The second kappa shape index (κ2) is 9.13. The number of aromatic amines is 1. The highest BCUT2D eigenvalue weighted by molar-refractivity contribution is 6.42. The van der Waals surface area contributed by atoms with Crippen molar-refractivity contribution in [2.24, 2.45) is 0 Å². The predicted molar refractivity (Wildman–Crippen MR) is 112 cm³/mol. The summed E-state index contributed by atoms with van der Waals surface area (Å²) >= 11 is 12.0. The van der Waals surface area contributed by atoms with Gasteiger partial charge in [-0.2, -0.15) is 5.10 Å². The first-order valence-electron chi connectivity index (χ1n) is 9.43. The average molecular weight is 438 g/mol. The van der Waals surface area contributed by atoms with E-state index in [2.05, 4.69) is 20.4 Å². The number of ether oxygens (including phenoxy) is 2. The van der Waals surface area contributed by atoms with Gasteiger partial charge in [0.2, 0.25) is 5.95 Å². The van der Waals surface area contributed by atoms with E-state index in [9.17, 15) is 4.79 Å². The van der Waals surface area contributed by atoms with Gasteiger partial charge in [0.05, 0.1) is 35.5 Å². The molecule has 0 bridgehead atoms. The summed E-state index contributed by atoms with van der Waals surface area (Å²) in [4.78, 5) is 19.8. The summed E-state index contributed by atoms with van der Waals surface area (Å²) in [5.41, 5.74) is 1.62. The maximum absolute atomic E-state index is 12.6. The summed E-state index contributed by atoms with van der Waals surface area (Å²) in [5, 5.41) is 8.36. The van der Waals surface area contributed by atoms with E-state index in [4.69, 9.17) is 32.7 Å². The Morgan fingerprint density at radius 2 is 2.10 bits per heavy atom. The van der Waals surface area contributed by atoms with Gasteiger partial charge in [0, 0.05) is 19.8 Å². The van der Waals surface area contributed by atoms with E-state index in [0.717, 1.165) is 31.6 Å². The van der Waals surface area contributed by atoms with Crippen LogP contribution in [0.5, 0.6) is 0 Å². The van der Waals surface area contributed by atoms with Gasteiger partial charge in [0.1, 0.15) is 5.52 Å². The van der Waals surface area contributed by atoms with E-state index in [-0.39, 0.29) is 11.7 Å². The molecule has 0 radical (unpaired) electrons. The first-order valence-corrected chi connectivity index (χ1v) is 10.2. The molecule has 1 aromatic carbocycles. The second-order valence-corrected chi connectivity index (χ2v) is 7.62. The Morgan fingerprint density at radius 3 is 2.90 bits per heavy atom. The molecule has 4 rings (SSSR count). The van der Waals surface area contributed by atoms with Gasteiger partial charge in [-0.15, -0.1) is 0 Å². The van der Waals surface area contributed by atoms with E-state index in [1.807, 2.05) is 6.07 Å². The molecule has 3 aromatic rings. The molecular weight excluding hydrogens is 417 g/mol. The summed E-state index contributed by atoms with van der Waals surface area (Å²) in [6, 6.07) is 5.35. The van der Waals surface area contributed by atoms with Crippen molar-refractivity contribution in [1.29, 1.82) is 0 Å². The first-order chi connectivity index (χ1) is 14.1. The van der Waals surface area contributed by atoms with Gasteiger partial charge in [-0.25, -0.2) is 4.98 Å². The lowest BCUT2D eigenvalue weighted by Gasteiger charge is -2.22. The molecule has 10 heteroatoms. The lowest BCUT2D eigenvalue weighted by Crippen LogP contribution is -2.25. The van der Waals surface area contributed by atoms with E-state index >= 15 is 0 Å². The fraction of sp³-hybridized carbons (Fsp3) is 0.421. The van der Waals surface area contributed by atoms with Crippen LogP contribution in [-0.2, 0) is 22.6 Å². The van der Waals surface area contributed by atoms with Crippen LogP contribution < -0.4 is 10.9 Å². The van der Waals surface area contributed by atoms with Gasteiger partial charge >= 0.3 is 0 Å². The maximum atomic E-state index is 12.6. The lowest BCUT2D eigenvalue weighted by atomic mass is 10.2. The monoisotopic (exact) mass is 437 g/mol. The standard InChI is InChI=1S/C19H21Cl2N5O3/c20-14-2-1-12(9-15(14)21)10-22-19-24-16-11-23-26(17(16)18(27)25-19)5-8-29-13-3-6-28-7-4-13/h1-2,9,11,13H,3-8,10H2,(H2,22,24,25,27). The molecule has 0 aliphatic carbocycles. The van der Waals surface area contributed by atoms with Crippen LogP contribution >= 0.6 is 23.2 Å². The molecule has 2 aromatic heterocycles. The fourth-order valence-electron chi connectivity index (χ4n) is 3.24. The number of rotatable bonds is 7. The van der Waals surface area contributed by atoms with Gasteiger partial charge in [-0.1, -0.05) is 29.3 Å². The Labute approximate surface area is 177 Å². The molecule has 3 heterocycles. The van der Waals surface area contributed by atoms with Crippen LogP contribution in [0.25, 0.3) is 11.0 Å². The Kier molecular flexibility index (Phi) is 6.34. The minimum atomic E-state index is -0.254. The SMILES string of the molecule is O=c1[nH]c(NCc2ccc(Cl)c(Cl)c2)nc2cnn(CCOC3CCOCC3)c12. The molecule has 1 fully saturated rings. The van der Waals surface area contributed by atoms with E-state index in [1.54, 1.807) is 23.0 Å². The number of hydrogen-bond donors (Lipinski definition) is 2. The van der Waals surface area contributed by atoms with Crippen LogP contribution in [0.1, 0.15) is 18.4 Å². The molecule has 0 amide bonds. The zero-order chi connectivity index (χ0) is 20.2. The normalized spacial score (nSPS) is 15.1. The summed E-state index contributed by atoms with van der Waals surface area (Å²) in [6.07, 6.45) is 3.59. The quantitative estimate of drug-likeness (QED) is 0.589. The third kappa shape index (κ3) is 4.90. The van der Waals surface area contributed by atoms with Crippen LogP contribution in [0.3, 0.4) is 0 Å². The topological polar surface area (TPSA) is 94.1 Å². The van der Waals surface area contributed by atoms with Crippen LogP contribution in [0.15, 0.2) is 29.2 Å². The van der Waals surface area contributed by atoms with Crippen LogP contribution in [0.2, 0.25) is 10.0 Å². The highest BCUT2D eigenvalue weighted by atomic mass is 35.5. The zero-order valence-corrected chi connectivity index (χ0v) is 17.2. The minimum absolute atomic E-state index is 0.208. The van der Waals surface area contributed by atoms with E-state index in [1.165, 1.54) is 0 Å². The van der Waals surface area contributed by atoms with Gasteiger partial charge in [0.15, 0.2) is 5.52 Å². The Balaban J connectivity index is 1.41. The highest BCUT2D eigenvalue weighted by Crippen LogP contribution is 2.23. The van der Waals surface area contributed by atoms with Crippen molar-refractivity contribution in [3.05, 3.63) is 50.4 Å². The number of nitrogens with one attached hydrogen (secondary N) is 2. The summed E-state index contributed by atoms with van der Waals surface area (Å²) < 4.78 is 12.8. The molecule has 0 atom stereocenters. The molecule has 8 nitrogen and oxygen atoms in total. The van der Waals surface area contributed by atoms with Crippen molar-refractivity contribution >= 4 is 40.2 Å². The first kappa shape index (κ1) is 20.2. The highest BCUT2D eigenvalue weighted by Gasteiger charge is 2.15. The van der Waals surface area contributed by atoms with Gasteiger partial charge < -0.3 is 14.8 Å². The van der Waals surface area contributed by atoms with Crippen LogP contribution in [0, 0.1) is 0 Å². The number of aromatic nitrogens is 4. The number of halogens is 2. The van der Waals surface area contributed by atoms with Crippen molar-refractivity contribution in [2.45, 2.75) is 32.0 Å². The van der Waals surface area contributed by atoms with Crippen molar-refractivity contribution in [1.82, 2.24) is 19.7 Å². The van der Waals surface area contributed by atoms with Crippen LogP contribution in [-0.4, -0.2) is 45.7 Å². The molecule has 1 aliphatic rings. The number of H-pyrrole nitrogens is 1. The Hall–Kier alpha value is -2.13. The predicted octanol–water partition coefficient (Wildman–Crippen LogP) is 3.23. The summed E-state index contributed by atoms with van der Waals surface area (Å²) in [6.45, 7) is 2.88. The van der Waals surface area contributed by atoms with Gasteiger partial charge in [0.25, 0.3) is 5.56 Å². The average Bonchev–Trinajstić information content (AvgIpc) is 3.13. The molecule has 1 aliphatic heterocycles. The third-order valence-electron chi connectivity index (χ3n) is 4.77. The Bertz CT molecular complexity index is 1050. The number of nitrogens with zero attached hydrogens (tertiary/aromatic N) is 3. The molecule has 0 spiro atoms. The van der Waals surface area contributed by atoms with Crippen molar-refractivity contribution < 1.29 is 9.47 Å². The van der Waals surface area contributed by atoms with Gasteiger partial charge in [-0.3, -0.25) is 14.5 Å². The van der Waals surface area contributed by atoms with Crippen LogP contribution in [0.4, 0.5) is 5.95 Å². The summed E-state index contributed by atoms with van der Waals surface area (Å²) in [7, 11) is 0.